The summed E-state index contributed by atoms with van der Waals surface area (Å²) in [4.78, 5) is 2.45. The topological polar surface area (TPSA) is 24.5 Å². The van der Waals surface area contributed by atoms with E-state index in [1.54, 1.807) is 7.11 Å². The van der Waals surface area contributed by atoms with Gasteiger partial charge in [-0.05, 0) is 56.5 Å². The number of nitrogens with zero attached hydrogens (tertiary/aromatic N) is 1. The normalized spacial score (nSPS) is 20.6. The molecule has 1 aliphatic heterocycles. The van der Waals surface area contributed by atoms with Gasteiger partial charge in [0.1, 0.15) is 5.75 Å². The second-order valence-electron chi connectivity index (χ2n) is 5.69. The summed E-state index contributed by atoms with van der Waals surface area (Å²) in [5.41, 5.74) is 5.30. The Morgan fingerprint density at radius 2 is 2.05 bits per heavy atom. The van der Waals surface area contributed by atoms with Gasteiger partial charge < -0.3 is 15.0 Å². The Kier molecular flexibility index (Phi) is 4.48. The first-order valence-corrected chi connectivity index (χ1v) is 7.09. The number of ether oxygens (including phenoxy) is 1. The molecule has 2 rings (SSSR count). The zero-order valence-electron chi connectivity index (χ0n) is 12.8. The molecule has 3 heteroatoms. The number of rotatable bonds is 3. The van der Waals surface area contributed by atoms with Crippen LogP contribution in [0.2, 0.25) is 0 Å². The van der Waals surface area contributed by atoms with Gasteiger partial charge in [-0.15, -0.1) is 0 Å². The lowest BCUT2D eigenvalue weighted by atomic mass is 9.93. The van der Waals surface area contributed by atoms with E-state index in [9.17, 15) is 0 Å². The van der Waals surface area contributed by atoms with E-state index in [4.69, 9.17) is 4.74 Å². The maximum absolute atomic E-state index is 5.68. The molecular weight excluding hydrogens is 236 g/mol. The third kappa shape index (κ3) is 2.93. The van der Waals surface area contributed by atoms with Gasteiger partial charge in [0, 0.05) is 25.7 Å². The van der Waals surface area contributed by atoms with E-state index in [2.05, 4.69) is 44.1 Å². The van der Waals surface area contributed by atoms with Crippen molar-refractivity contribution < 1.29 is 4.74 Å². The molecule has 106 valence electrons. The summed E-state index contributed by atoms with van der Waals surface area (Å²) in [7, 11) is 4.00. The van der Waals surface area contributed by atoms with Crippen LogP contribution in [0, 0.1) is 20.8 Å². The van der Waals surface area contributed by atoms with Crippen LogP contribution >= 0.6 is 0 Å². The zero-order chi connectivity index (χ0) is 14.0. The van der Waals surface area contributed by atoms with Crippen LogP contribution in [0.15, 0.2) is 6.07 Å². The van der Waals surface area contributed by atoms with Crippen LogP contribution in [-0.2, 0) is 6.42 Å². The molecule has 1 unspecified atom stereocenters. The Balaban J connectivity index is 2.31. The van der Waals surface area contributed by atoms with Gasteiger partial charge in [0.15, 0.2) is 0 Å². The molecule has 0 bridgehead atoms. The molecule has 1 N–H and O–H groups in total. The highest BCUT2D eigenvalue weighted by atomic mass is 16.5. The van der Waals surface area contributed by atoms with Gasteiger partial charge in [0.2, 0.25) is 0 Å². The highest BCUT2D eigenvalue weighted by Crippen LogP contribution is 2.31. The van der Waals surface area contributed by atoms with E-state index >= 15 is 0 Å². The van der Waals surface area contributed by atoms with Crippen LogP contribution in [0.4, 0.5) is 0 Å². The molecule has 1 fully saturated rings. The predicted octanol–water partition coefficient (Wildman–Crippen LogP) is 2.07. The van der Waals surface area contributed by atoms with Gasteiger partial charge in [-0.1, -0.05) is 6.07 Å². The Hall–Kier alpha value is -1.06. The Morgan fingerprint density at radius 1 is 1.32 bits per heavy atom. The molecule has 0 spiro atoms. The monoisotopic (exact) mass is 262 g/mol. The first-order valence-electron chi connectivity index (χ1n) is 7.09. The van der Waals surface area contributed by atoms with Gasteiger partial charge in [-0.25, -0.2) is 0 Å². The molecule has 3 nitrogen and oxygen atoms in total. The minimum absolute atomic E-state index is 0.559. The third-order valence-electron chi connectivity index (χ3n) is 4.40. The van der Waals surface area contributed by atoms with Crippen LogP contribution in [0.25, 0.3) is 0 Å². The summed E-state index contributed by atoms with van der Waals surface area (Å²) in [5, 5.41) is 3.49. The fraction of sp³-hybridized carbons (Fsp3) is 0.625. The second kappa shape index (κ2) is 5.93. The van der Waals surface area contributed by atoms with E-state index in [0.717, 1.165) is 31.8 Å². The molecule has 1 atom stereocenters. The third-order valence-corrected chi connectivity index (χ3v) is 4.40. The maximum atomic E-state index is 5.68. The van der Waals surface area contributed by atoms with Gasteiger partial charge in [0.25, 0.3) is 0 Å². The number of likely N-dealkylation sites (N-methyl/N-ethyl adjacent to an activating group) is 1. The summed E-state index contributed by atoms with van der Waals surface area (Å²) in [6.07, 6.45) is 1.06. The summed E-state index contributed by atoms with van der Waals surface area (Å²) in [5.74, 6) is 1.08. The van der Waals surface area contributed by atoms with Crippen molar-refractivity contribution >= 4 is 0 Å². The van der Waals surface area contributed by atoms with Gasteiger partial charge >= 0.3 is 0 Å². The van der Waals surface area contributed by atoms with Crippen molar-refractivity contribution in [3.8, 4) is 5.75 Å². The SMILES string of the molecule is COc1c(C)c(C)cc(C)c1CC1CNCCN1C. The van der Waals surface area contributed by atoms with Gasteiger partial charge in [-0.3, -0.25) is 0 Å². The molecule has 1 saturated heterocycles. The molecule has 19 heavy (non-hydrogen) atoms. The van der Waals surface area contributed by atoms with E-state index in [0.29, 0.717) is 6.04 Å². The number of hydrogen-bond acceptors (Lipinski definition) is 3. The first-order chi connectivity index (χ1) is 9.04. The highest BCUT2D eigenvalue weighted by molar-refractivity contribution is 5.50. The average Bonchev–Trinajstić information content (AvgIpc) is 2.38. The molecule has 0 aromatic heterocycles. The van der Waals surface area contributed by atoms with E-state index in [1.165, 1.54) is 22.3 Å². The van der Waals surface area contributed by atoms with Crippen LogP contribution in [0.3, 0.4) is 0 Å². The molecule has 1 aromatic rings. The second-order valence-corrected chi connectivity index (χ2v) is 5.69. The lowest BCUT2D eigenvalue weighted by molar-refractivity contribution is 0.198. The van der Waals surface area contributed by atoms with E-state index in [-0.39, 0.29) is 0 Å². The molecule has 1 heterocycles. The van der Waals surface area contributed by atoms with Crippen LogP contribution in [0.1, 0.15) is 22.3 Å². The Morgan fingerprint density at radius 3 is 2.68 bits per heavy atom. The number of benzene rings is 1. The molecule has 0 radical (unpaired) electrons. The van der Waals surface area contributed by atoms with Crippen molar-refractivity contribution in [3.63, 3.8) is 0 Å². The van der Waals surface area contributed by atoms with Gasteiger partial charge in [-0.2, -0.15) is 0 Å². The first kappa shape index (κ1) is 14.4. The van der Waals surface area contributed by atoms with Crippen molar-refractivity contribution in [2.75, 3.05) is 33.8 Å². The van der Waals surface area contributed by atoms with Crippen molar-refractivity contribution in [2.45, 2.75) is 33.2 Å². The van der Waals surface area contributed by atoms with Crippen molar-refractivity contribution in [2.24, 2.45) is 0 Å². The van der Waals surface area contributed by atoms with Crippen LogP contribution < -0.4 is 10.1 Å². The lowest BCUT2D eigenvalue weighted by Gasteiger charge is -2.34. The number of nitrogens with one attached hydrogen (secondary N) is 1. The number of piperazine rings is 1. The number of aryl methyl sites for hydroxylation is 2. The summed E-state index contributed by atoms with van der Waals surface area (Å²) < 4.78 is 5.68. The van der Waals surface area contributed by atoms with E-state index < -0.39 is 0 Å². The quantitative estimate of drug-likeness (QED) is 0.902. The fourth-order valence-corrected chi connectivity index (χ4v) is 2.96. The maximum Gasteiger partial charge on any atom is 0.125 e. The minimum atomic E-state index is 0.559. The Labute approximate surface area is 116 Å². The highest BCUT2D eigenvalue weighted by Gasteiger charge is 2.22. The largest absolute Gasteiger partial charge is 0.496 e. The van der Waals surface area contributed by atoms with Crippen molar-refractivity contribution in [1.82, 2.24) is 10.2 Å². The van der Waals surface area contributed by atoms with Crippen molar-refractivity contribution in [1.29, 1.82) is 0 Å². The summed E-state index contributed by atoms with van der Waals surface area (Å²) in [6, 6.07) is 2.84. The number of methoxy groups -OCH3 is 1. The summed E-state index contributed by atoms with van der Waals surface area (Å²) in [6.45, 7) is 9.78. The van der Waals surface area contributed by atoms with Gasteiger partial charge in [0.05, 0.1) is 7.11 Å². The predicted molar refractivity (Wildman–Crippen MR) is 80.2 cm³/mol. The van der Waals surface area contributed by atoms with Crippen molar-refractivity contribution in [3.05, 3.63) is 28.3 Å². The van der Waals surface area contributed by atoms with Crippen LogP contribution in [0.5, 0.6) is 5.75 Å². The average molecular weight is 262 g/mol. The summed E-state index contributed by atoms with van der Waals surface area (Å²) >= 11 is 0. The lowest BCUT2D eigenvalue weighted by Crippen LogP contribution is -2.50. The number of hydrogen-bond donors (Lipinski definition) is 1. The molecule has 0 aliphatic carbocycles. The smallest absolute Gasteiger partial charge is 0.125 e. The molecule has 1 aliphatic rings. The molecule has 0 amide bonds. The molecular formula is C16H26N2O. The van der Waals surface area contributed by atoms with E-state index in [1.807, 2.05) is 0 Å². The molecule has 0 saturated carbocycles. The Bertz CT molecular complexity index is 457. The minimum Gasteiger partial charge on any atom is -0.496 e. The molecule has 1 aromatic carbocycles. The van der Waals surface area contributed by atoms with Crippen LogP contribution in [-0.4, -0.2) is 44.7 Å². The standard InChI is InChI=1S/C16H26N2O/c1-11-8-12(2)15(16(19-5)13(11)3)9-14-10-17-6-7-18(14)4/h8,14,17H,6-7,9-10H2,1-5H3. The zero-order valence-corrected chi connectivity index (χ0v) is 12.8. The fourth-order valence-electron chi connectivity index (χ4n) is 2.96.